The van der Waals surface area contributed by atoms with Gasteiger partial charge in [-0.2, -0.15) is 5.26 Å². The van der Waals surface area contributed by atoms with E-state index in [9.17, 15) is 8.42 Å². The number of nitriles is 1. The Bertz CT molecular complexity index is 838. The first-order valence-corrected chi connectivity index (χ1v) is 7.97. The third kappa shape index (κ3) is 2.56. The van der Waals surface area contributed by atoms with Gasteiger partial charge in [0, 0.05) is 17.9 Å². The molecule has 0 aliphatic carbocycles. The van der Waals surface area contributed by atoms with Crippen molar-refractivity contribution < 1.29 is 8.42 Å². The van der Waals surface area contributed by atoms with E-state index in [1.807, 2.05) is 18.2 Å². The van der Waals surface area contributed by atoms with E-state index < -0.39 is 10.0 Å². The Labute approximate surface area is 123 Å². The van der Waals surface area contributed by atoms with Gasteiger partial charge in [0.1, 0.15) is 11.0 Å². The van der Waals surface area contributed by atoms with Crippen LogP contribution in [0.3, 0.4) is 0 Å². The van der Waals surface area contributed by atoms with Gasteiger partial charge in [0.15, 0.2) is 0 Å². The van der Waals surface area contributed by atoms with Gasteiger partial charge in [-0.3, -0.25) is 4.72 Å². The van der Waals surface area contributed by atoms with Crippen LogP contribution in [-0.2, 0) is 16.4 Å². The lowest BCUT2D eigenvalue weighted by atomic mass is 10.1. The lowest BCUT2D eigenvalue weighted by Crippen LogP contribution is -2.14. The fraction of sp³-hybridized carbons (Fsp3) is 0.133. The van der Waals surface area contributed by atoms with E-state index in [0.717, 1.165) is 24.2 Å². The summed E-state index contributed by atoms with van der Waals surface area (Å²) in [5, 5.41) is 12.2. The molecule has 2 aromatic rings. The summed E-state index contributed by atoms with van der Waals surface area (Å²) in [5.41, 5.74) is 2.76. The Balaban J connectivity index is 1.95. The van der Waals surface area contributed by atoms with Crippen molar-refractivity contribution in [2.75, 3.05) is 16.6 Å². The topological polar surface area (TPSA) is 82.0 Å². The van der Waals surface area contributed by atoms with Crippen LogP contribution < -0.4 is 10.0 Å². The van der Waals surface area contributed by atoms with Gasteiger partial charge in [0.25, 0.3) is 10.0 Å². The Hall–Kier alpha value is -2.52. The first-order valence-electron chi connectivity index (χ1n) is 6.49. The first-order chi connectivity index (χ1) is 10.1. The summed E-state index contributed by atoms with van der Waals surface area (Å²) in [6.07, 6.45) is 0.875. The molecule has 0 aromatic heterocycles. The molecule has 0 spiro atoms. The second-order valence-electron chi connectivity index (χ2n) is 4.76. The van der Waals surface area contributed by atoms with E-state index in [1.165, 1.54) is 12.1 Å². The monoisotopic (exact) mass is 299 g/mol. The van der Waals surface area contributed by atoms with Crippen LogP contribution in [0.25, 0.3) is 0 Å². The SMILES string of the molecule is N#Cc1ccccc1S(=O)(=O)Nc1ccc2c(c1)CCN2. The molecular weight excluding hydrogens is 286 g/mol. The van der Waals surface area contributed by atoms with Crippen LogP contribution >= 0.6 is 0 Å². The smallest absolute Gasteiger partial charge is 0.263 e. The van der Waals surface area contributed by atoms with Crippen molar-refractivity contribution in [3.63, 3.8) is 0 Å². The number of anilines is 2. The fourth-order valence-corrected chi connectivity index (χ4v) is 3.58. The van der Waals surface area contributed by atoms with E-state index >= 15 is 0 Å². The molecule has 2 aromatic carbocycles. The summed E-state index contributed by atoms with van der Waals surface area (Å²) in [4.78, 5) is -0.00822. The lowest BCUT2D eigenvalue weighted by molar-refractivity contribution is 0.601. The first kappa shape index (κ1) is 13.5. The molecule has 0 atom stereocenters. The van der Waals surface area contributed by atoms with E-state index in [2.05, 4.69) is 10.0 Å². The minimum absolute atomic E-state index is 0.00822. The minimum Gasteiger partial charge on any atom is -0.384 e. The second-order valence-corrected chi connectivity index (χ2v) is 6.41. The lowest BCUT2D eigenvalue weighted by Gasteiger charge is -2.10. The van der Waals surface area contributed by atoms with E-state index in [-0.39, 0.29) is 10.5 Å². The van der Waals surface area contributed by atoms with Gasteiger partial charge in [-0.15, -0.1) is 0 Å². The summed E-state index contributed by atoms with van der Waals surface area (Å²) in [6, 6.07) is 13.4. The standard InChI is InChI=1S/C15H13N3O2S/c16-10-12-3-1-2-4-15(12)21(19,20)18-13-5-6-14-11(9-13)7-8-17-14/h1-6,9,17-18H,7-8H2. The molecule has 1 aliphatic heterocycles. The fourth-order valence-electron chi connectivity index (χ4n) is 2.37. The van der Waals surface area contributed by atoms with E-state index in [0.29, 0.717) is 5.69 Å². The molecule has 3 rings (SSSR count). The van der Waals surface area contributed by atoms with Crippen LogP contribution in [0.1, 0.15) is 11.1 Å². The van der Waals surface area contributed by atoms with Crippen LogP contribution in [0, 0.1) is 11.3 Å². The molecule has 2 N–H and O–H groups in total. The predicted octanol–water partition coefficient (Wildman–Crippen LogP) is 2.33. The molecular formula is C15H13N3O2S. The maximum Gasteiger partial charge on any atom is 0.263 e. The molecule has 1 heterocycles. The Morgan fingerprint density at radius 1 is 1.19 bits per heavy atom. The molecule has 0 saturated heterocycles. The van der Waals surface area contributed by atoms with Crippen LogP contribution in [0.4, 0.5) is 11.4 Å². The third-order valence-corrected chi connectivity index (χ3v) is 4.80. The van der Waals surface area contributed by atoms with Crippen LogP contribution in [-0.4, -0.2) is 15.0 Å². The van der Waals surface area contributed by atoms with Gasteiger partial charge < -0.3 is 5.32 Å². The highest BCUT2D eigenvalue weighted by atomic mass is 32.2. The van der Waals surface area contributed by atoms with Crippen LogP contribution in [0.5, 0.6) is 0 Å². The minimum atomic E-state index is -3.77. The molecule has 5 nitrogen and oxygen atoms in total. The van der Waals surface area contributed by atoms with Gasteiger partial charge in [-0.1, -0.05) is 12.1 Å². The largest absolute Gasteiger partial charge is 0.384 e. The van der Waals surface area contributed by atoms with Gasteiger partial charge in [0.2, 0.25) is 0 Å². The molecule has 0 amide bonds. The summed E-state index contributed by atoms with van der Waals surface area (Å²) >= 11 is 0. The highest BCUT2D eigenvalue weighted by Gasteiger charge is 2.19. The van der Waals surface area contributed by atoms with Gasteiger partial charge in [-0.25, -0.2) is 8.42 Å². The second kappa shape index (κ2) is 5.11. The number of hydrogen-bond donors (Lipinski definition) is 2. The molecule has 0 unspecified atom stereocenters. The van der Waals surface area contributed by atoms with Gasteiger partial charge in [0.05, 0.1) is 5.56 Å². The molecule has 0 radical (unpaired) electrons. The van der Waals surface area contributed by atoms with Crippen LogP contribution in [0.15, 0.2) is 47.4 Å². The number of rotatable bonds is 3. The summed E-state index contributed by atoms with van der Waals surface area (Å²) in [6.45, 7) is 0.864. The maximum atomic E-state index is 12.4. The molecule has 1 aliphatic rings. The molecule has 0 saturated carbocycles. The van der Waals surface area contributed by atoms with Gasteiger partial charge in [-0.05, 0) is 42.3 Å². The van der Waals surface area contributed by atoms with Crippen molar-refractivity contribution >= 4 is 21.4 Å². The third-order valence-electron chi connectivity index (χ3n) is 3.36. The highest BCUT2D eigenvalue weighted by Crippen LogP contribution is 2.27. The molecule has 0 fully saturated rings. The van der Waals surface area contributed by atoms with Gasteiger partial charge >= 0.3 is 0 Å². The summed E-state index contributed by atoms with van der Waals surface area (Å²) in [7, 11) is -3.77. The zero-order valence-electron chi connectivity index (χ0n) is 11.1. The van der Waals surface area contributed by atoms with Crippen molar-refractivity contribution in [2.24, 2.45) is 0 Å². The summed E-state index contributed by atoms with van der Waals surface area (Å²) in [5.74, 6) is 0. The van der Waals surface area contributed by atoms with Crippen molar-refractivity contribution in [1.29, 1.82) is 5.26 Å². The Kier molecular flexibility index (Phi) is 3.28. The average Bonchev–Trinajstić information content (AvgIpc) is 2.94. The van der Waals surface area contributed by atoms with Crippen molar-refractivity contribution in [1.82, 2.24) is 0 Å². The molecule has 0 bridgehead atoms. The Morgan fingerprint density at radius 2 is 2.00 bits per heavy atom. The molecule has 106 valence electrons. The zero-order chi connectivity index (χ0) is 14.9. The van der Waals surface area contributed by atoms with E-state index in [4.69, 9.17) is 5.26 Å². The predicted molar refractivity (Wildman–Crippen MR) is 80.6 cm³/mol. The number of hydrogen-bond acceptors (Lipinski definition) is 4. The van der Waals surface area contributed by atoms with Crippen molar-refractivity contribution in [3.05, 3.63) is 53.6 Å². The van der Waals surface area contributed by atoms with E-state index in [1.54, 1.807) is 18.2 Å². The molecule has 6 heteroatoms. The summed E-state index contributed by atoms with van der Waals surface area (Å²) < 4.78 is 27.3. The highest BCUT2D eigenvalue weighted by molar-refractivity contribution is 7.92. The number of sulfonamides is 1. The number of fused-ring (bicyclic) bond motifs is 1. The molecule has 21 heavy (non-hydrogen) atoms. The van der Waals surface area contributed by atoms with Crippen molar-refractivity contribution in [2.45, 2.75) is 11.3 Å². The maximum absolute atomic E-state index is 12.4. The van der Waals surface area contributed by atoms with Crippen LogP contribution in [0.2, 0.25) is 0 Å². The zero-order valence-corrected chi connectivity index (χ0v) is 11.9. The average molecular weight is 299 g/mol. The normalized spacial score (nSPS) is 13.1. The van der Waals surface area contributed by atoms with Crippen molar-refractivity contribution in [3.8, 4) is 6.07 Å². The quantitative estimate of drug-likeness (QED) is 0.911. The Morgan fingerprint density at radius 3 is 2.81 bits per heavy atom. The number of nitrogens with one attached hydrogen (secondary N) is 2. The number of benzene rings is 2. The number of nitrogens with zero attached hydrogens (tertiary/aromatic N) is 1.